The highest BCUT2D eigenvalue weighted by Gasteiger charge is 2.16. The average molecular weight is 684 g/mol. The molecular weight excluding hydrogens is 655 g/mol. The third kappa shape index (κ3) is 4.59. The van der Waals surface area contributed by atoms with E-state index in [-0.39, 0.29) is 0 Å². The van der Waals surface area contributed by atoms with Crippen LogP contribution < -0.4 is 0 Å². The summed E-state index contributed by atoms with van der Waals surface area (Å²) in [5.74, 6) is 0. The van der Waals surface area contributed by atoms with Crippen molar-refractivity contribution in [2.24, 2.45) is 0 Å². The van der Waals surface area contributed by atoms with Crippen molar-refractivity contribution in [1.82, 2.24) is 4.57 Å². The Bertz CT molecular complexity index is 2950. The van der Waals surface area contributed by atoms with Crippen LogP contribution in [0.25, 0.3) is 101 Å². The molecule has 0 unspecified atom stereocenters. The Kier molecular flexibility index (Phi) is 6.36. The van der Waals surface area contributed by atoms with Crippen molar-refractivity contribution >= 4 is 84.8 Å². The standard InChI is InChI=1S/C48H29NS2/c1-2-8-30(9-3-1)31-14-20-36(21-15-31)49-43-22-16-32(34-18-24-47-41(28-34)37-10-4-6-12-45(37)50-47)26-39(43)40-27-33(17-23-44(40)49)35-19-25-48-42(29-35)38-11-5-7-13-46(38)51-48/h1-29H. The van der Waals surface area contributed by atoms with E-state index in [1.807, 2.05) is 22.7 Å². The molecule has 11 aromatic rings. The summed E-state index contributed by atoms with van der Waals surface area (Å²) in [4.78, 5) is 0. The molecule has 3 heteroatoms. The minimum Gasteiger partial charge on any atom is -0.309 e. The third-order valence-electron chi connectivity index (χ3n) is 10.4. The fourth-order valence-electron chi connectivity index (χ4n) is 7.91. The van der Waals surface area contributed by atoms with Crippen LogP contribution >= 0.6 is 22.7 Å². The van der Waals surface area contributed by atoms with Crippen LogP contribution in [0.4, 0.5) is 0 Å². The molecule has 0 fully saturated rings. The van der Waals surface area contributed by atoms with E-state index >= 15 is 0 Å². The summed E-state index contributed by atoms with van der Waals surface area (Å²) in [5.41, 5.74) is 11.0. The molecule has 8 aromatic carbocycles. The van der Waals surface area contributed by atoms with Gasteiger partial charge in [-0.1, -0.05) is 103 Å². The number of nitrogens with zero attached hydrogens (tertiary/aromatic N) is 1. The van der Waals surface area contributed by atoms with Crippen molar-refractivity contribution in [3.63, 3.8) is 0 Å². The quantitative estimate of drug-likeness (QED) is 0.174. The molecule has 11 rings (SSSR count). The van der Waals surface area contributed by atoms with Gasteiger partial charge < -0.3 is 4.57 Å². The molecule has 0 bridgehead atoms. The van der Waals surface area contributed by atoms with Crippen molar-refractivity contribution in [2.45, 2.75) is 0 Å². The van der Waals surface area contributed by atoms with Gasteiger partial charge in [0.25, 0.3) is 0 Å². The number of aromatic nitrogens is 1. The topological polar surface area (TPSA) is 4.93 Å². The number of fused-ring (bicyclic) bond motifs is 9. The van der Waals surface area contributed by atoms with Crippen LogP contribution in [0.2, 0.25) is 0 Å². The van der Waals surface area contributed by atoms with E-state index in [1.54, 1.807) is 0 Å². The largest absolute Gasteiger partial charge is 0.309 e. The molecule has 0 aliphatic heterocycles. The van der Waals surface area contributed by atoms with Crippen LogP contribution in [0.15, 0.2) is 176 Å². The summed E-state index contributed by atoms with van der Waals surface area (Å²) in [5, 5.41) is 7.83. The van der Waals surface area contributed by atoms with Gasteiger partial charge in [-0.15, -0.1) is 22.7 Å². The van der Waals surface area contributed by atoms with Gasteiger partial charge in [-0.2, -0.15) is 0 Å². The Morgan fingerprint density at radius 1 is 0.275 bits per heavy atom. The van der Waals surface area contributed by atoms with Crippen molar-refractivity contribution < 1.29 is 0 Å². The Balaban J connectivity index is 1.11. The summed E-state index contributed by atoms with van der Waals surface area (Å²) in [6.07, 6.45) is 0. The second kappa shape index (κ2) is 11.3. The third-order valence-corrected chi connectivity index (χ3v) is 12.7. The maximum atomic E-state index is 2.43. The van der Waals surface area contributed by atoms with Crippen LogP contribution in [-0.2, 0) is 0 Å². The molecule has 0 aliphatic rings. The van der Waals surface area contributed by atoms with Crippen LogP contribution in [0.1, 0.15) is 0 Å². The molecule has 0 spiro atoms. The second-order valence-corrected chi connectivity index (χ2v) is 15.5. The van der Waals surface area contributed by atoms with Gasteiger partial charge in [0.1, 0.15) is 0 Å². The van der Waals surface area contributed by atoms with Crippen LogP contribution in [0.5, 0.6) is 0 Å². The molecule has 238 valence electrons. The summed E-state index contributed by atoms with van der Waals surface area (Å²) in [6, 6.07) is 65.0. The van der Waals surface area contributed by atoms with Gasteiger partial charge >= 0.3 is 0 Å². The smallest absolute Gasteiger partial charge is 0.0541 e. The van der Waals surface area contributed by atoms with Crippen molar-refractivity contribution in [3.05, 3.63) is 176 Å². The summed E-state index contributed by atoms with van der Waals surface area (Å²) >= 11 is 3.74. The number of hydrogen-bond acceptors (Lipinski definition) is 2. The van der Waals surface area contributed by atoms with Gasteiger partial charge in [0.05, 0.1) is 11.0 Å². The number of thiophene rings is 2. The highest BCUT2D eigenvalue weighted by Crippen LogP contribution is 2.41. The zero-order valence-corrected chi connectivity index (χ0v) is 29.1. The first-order chi connectivity index (χ1) is 25.2. The zero-order chi connectivity index (χ0) is 33.5. The maximum absolute atomic E-state index is 2.43. The van der Waals surface area contributed by atoms with Crippen LogP contribution in [0.3, 0.4) is 0 Å². The van der Waals surface area contributed by atoms with E-state index in [9.17, 15) is 0 Å². The van der Waals surface area contributed by atoms with E-state index < -0.39 is 0 Å². The van der Waals surface area contributed by atoms with Crippen LogP contribution in [0, 0.1) is 0 Å². The lowest BCUT2D eigenvalue weighted by atomic mass is 9.98. The summed E-state index contributed by atoms with van der Waals surface area (Å²) < 4.78 is 7.76. The Labute approximate surface area is 302 Å². The maximum Gasteiger partial charge on any atom is 0.0541 e. The van der Waals surface area contributed by atoms with Crippen LogP contribution in [-0.4, -0.2) is 4.57 Å². The van der Waals surface area contributed by atoms with E-state index in [0.717, 1.165) is 5.69 Å². The fraction of sp³-hybridized carbons (Fsp3) is 0. The molecule has 0 saturated heterocycles. The Hall–Kier alpha value is -6.00. The first-order valence-corrected chi connectivity index (χ1v) is 19.0. The molecule has 0 saturated carbocycles. The highest BCUT2D eigenvalue weighted by molar-refractivity contribution is 7.26. The van der Waals surface area contributed by atoms with Gasteiger partial charge in [-0.05, 0) is 106 Å². The predicted octanol–water partition coefficient (Wildman–Crippen LogP) is 14.5. The Morgan fingerprint density at radius 2 is 0.667 bits per heavy atom. The zero-order valence-electron chi connectivity index (χ0n) is 27.5. The summed E-state index contributed by atoms with van der Waals surface area (Å²) in [7, 11) is 0. The van der Waals surface area contributed by atoms with Gasteiger partial charge in [0.2, 0.25) is 0 Å². The average Bonchev–Trinajstić information content (AvgIpc) is 3.86. The number of rotatable bonds is 4. The molecular formula is C48H29NS2. The fourth-order valence-corrected chi connectivity index (χ4v) is 10.1. The molecule has 51 heavy (non-hydrogen) atoms. The predicted molar refractivity (Wildman–Crippen MR) is 223 cm³/mol. The van der Waals surface area contributed by atoms with Crippen molar-refractivity contribution in [3.8, 4) is 39.1 Å². The minimum absolute atomic E-state index is 1.16. The molecule has 1 nitrogen and oxygen atoms in total. The highest BCUT2D eigenvalue weighted by atomic mass is 32.1. The van der Waals surface area contributed by atoms with E-state index in [0.29, 0.717) is 0 Å². The minimum atomic E-state index is 1.16. The molecule has 0 amide bonds. The molecule has 0 atom stereocenters. The first kappa shape index (κ1) is 28.8. The van der Waals surface area contributed by atoms with Crippen molar-refractivity contribution in [1.29, 1.82) is 0 Å². The van der Waals surface area contributed by atoms with Gasteiger partial charge in [0.15, 0.2) is 0 Å². The van der Waals surface area contributed by atoms with Gasteiger partial charge in [-0.3, -0.25) is 0 Å². The molecule has 0 N–H and O–H groups in total. The number of hydrogen-bond donors (Lipinski definition) is 0. The van der Waals surface area contributed by atoms with Gasteiger partial charge in [-0.25, -0.2) is 0 Å². The van der Waals surface area contributed by atoms with E-state index in [4.69, 9.17) is 0 Å². The van der Waals surface area contributed by atoms with Crippen molar-refractivity contribution in [2.75, 3.05) is 0 Å². The lowest BCUT2D eigenvalue weighted by Gasteiger charge is -2.10. The molecule has 0 radical (unpaired) electrons. The van der Waals surface area contributed by atoms with E-state index in [1.165, 1.54) is 95.5 Å². The number of benzene rings is 8. The molecule has 3 aromatic heterocycles. The molecule has 0 aliphatic carbocycles. The molecule has 3 heterocycles. The lowest BCUT2D eigenvalue weighted by Crippen LogP contribution is -1.94. The van der Waals surface area contributed by atoms with Gasteiger partial charge in [0, 0.05) is 56.8 Å². The normalized spacial score (nSPS) is 11.9. The Morgan fingerprint density at radius 3 is 1.20 bits per heavy atom. The van der Waals surface area contributed by atoms with E-state index in [2.05, 4.69) is 180 Å². The SMILES string of the molecule is c1ccc(-c2ccc(-n3c4ccc(-c5ccc6sc7ccccc7c6c5)cc4c4cc(-c5ccc6sc7ccccc7c6c5)ccc43)cc2)cc1. The summed E-state index contributed by atoms with van der Waals surface area (Å²) in [6.45, 7) is 0. The lowest BCUT2D eigenvalue weighted by molar-refractivity contribution is 1.18. The monoisotopic (exact) mass is 683 g/mol. The first-order valence-electron chi connectivity index (χ1n) is 17.3. The second-order valence-electron chi connectivity index (χ2n) is 13.3.